The van der Waals surface area contributed by atoms with Gasteiger partial charge in [0, 0.05) is 25.2 Å². The minimum Gasteiger partial charge on any atom is -0.383 e. The molecule has 2 aromatic heterocycles. The fourth-order valence-corrected chi connectivity index (χ4v) is 2.90. The lowest BCUT2D eigenvalue weighted by molar-refractivity contribution is 0.0677. The van der Waals surface area contributed by atoms with E-state index >= 15 is 0 Å². The first-order chi connectivity index (χ1) is 12.6. The molecule has 26 heavy (non-hydrogen) atoms. The summed E-state index contributed by atoms with van der Waals surface area (Å²) in [4.78, 5) is 23.9. The summed E-state index contributed by atoms with van der Waals surface area (Å²) in [6, 6.07) is 13.7. The molecule has 0 saturated carbocycles. The van der Waals surface area contributed by atoms with Gasteiger partial charge in [-0.25, -0.2) is 0 Å². The van der Waals surface area contributed by atoms with E-state index in [1.54, 1.807) is 18.2 Å². The van der Waals surface area contributed by atoms with Gasteiger partial charge in [0.2, 0.25) is 0 Å². The minimum absolute atomic E-state index is 0.0554. The highest BCUT2D eigenvalue weighted by atomic mass is 16.5. The Morgan fingerprint density at radius 2 is 2.00 bits per heavy atom. The van der Waals surface area contributed by atoms with Crippen molar-refractivity contribution < 1.29 is 9.53 Å². The van der Waals surface area contributed by atoms with Gasteiger partial charge >= 0.3 is 0 Å². The summed E-state index contributed by atoms with van der Waals surface area (Å²) in [5, 5.41) is 0.967. The Kier molecular flexibility index (Phi) is 5.58. The monoisotopic (exact) mass is 349 g/mol. The Hall–Kier alpha value is -2.79. The van der Waals surface area contributed by atoms with Crippen molar-refractivity contribution in [1.29, 1.82) is 0 Å². The number of hydrogen-bond donors (Lipinski definition) is 0. The highest BCUT2D eigenvalue weighted by Crippen LogP contribution is 2.20. The number of rotatable bonds is 6. The minimum atomic E-state index is -0.0554. The van der Waals surface area contributed by atoms with Crippen LogP contribution in [0.4, 0.5) is 0 Å². The van der Waals surface area contributed by atoms with Crippen LogP contribution < -0.4 is 0 Å². The van der Waals surface area contributed by atoms with E-state index < -0.39 is 0 Å². The zero-order valence-corrected chi connectivity index (χ0v) is 15.4. The molecule has 0 aliphatic carbocycles. The van der Waals surface area contributed by atoms with E-state index in [1.165, 1.54) is 0 Å². The van der Waals surface area contributed by atoms with E-state index in [2.05, 4.69) is 9.97 Å². The molecule has 3 aromatic rings. The number of benzene rings is 1. The van der Waals surface area contributed by atoms with Crippen LogP contribution >= 0.6 is 0 Å². The Labute approximate surface area is 153 Å². The van der Waals surface area contributed by atoms with Gasteiger partial charge in [0.05, 0.1) is 35.6 Å². The molecule has 1 aromatic carbocycles. The predicted octanol–water partition coefficient (Wildman–Crippen LogP) is 3.54. The summed E-state index contributed by atoms with van der Waals surface area (Å²) >= 11 is 0. The van der Waals surface area contributed by atoms with Crippen LogP contribution in [0.5, 0.6) is 0 Å². The molecular weight excluding hydrogens is 326 g/mol. The molecule has 3 rings (SSSR count). The van der Waals surface area contributed by atoms with Crippen molar-refractivity contribution >= 4 is 16.8 Å². The molecule has 5 heteroatoms. The quantitative estimate of drug-likeness (QED) is 0.683. The second-order valence-corrected chi connectivity index (χ2v) is 6.36. The second kappa shape index (κ2) is 8.06. The van der Waals surface area contributed by atoms with Crippen LogP contribution in [-0.2, 0) is 11.3 Å². The van der Waals surface area contributed by atoms with Crippen molar-refractivity contribution in [2.45, 2.75) is 20.4 Å². The molecule has 2 heterocycles. The van der Waals surface area contributed by atoms with E-state index in [9.17, 15) is 4.79 Å². The van der Waals surface area contributed by atoms with Crippen molar-refractivity contribution in [3.05, 3.63) is 71.2 Å². The van der Waals surface area contributed by atoms with Gasteiger partial charge in [0.15, 0.2) is 0 Å². The molecule has 0 saturated heterocycles. The molecule has 0 bridgehead atoms. The smallest absolute Gasteiger partial charge is 0.256 e. The average molecular weight is 349 g/mol. The SMILES string of the molecule is COCCN(Cc1ccccn1)C(=O)c1cc2ccc(C)cc2nc1C. The highest BCUT2D eigenvalue weighted by Gasteiger charge is 2.19. The van der Waals surface area contributed by atoms with Crippen LogP contribution in [0.25, 0.3) is 10.9 Å². The number of amides is 1. The first kappa shape index (κ1) is 18.0. The third kappa shape index (κ3) is 4.06. The van der Waals surface area contributed by atoms with Gasteiger partial charge in [0.1, 0.15) is 0 Å². The standard InChI is InChI=1S/C21H23N3O2/c1-15-7-8-17-13-19(16(2)23-20(17)12-15)21(25)24(10-11-26-3)14-18-6-4-5-9-22-18/h4-9,12-13H,10-11,14H2,1-3H3. The Balaban J connectivity index is 1.93. The third-order valence-corrected chi connectivity index (χ3v) is 4.33. The summed E-state index contributed by atoms with van der Waals surface area (Å²) in [5.74, 6) is -0.0554. The maximum Gasteiger partial charge on any atom is 0.256 e. The van der Waals surface area contributed by atoms with Crippen molar-refractivity contribution in [2.75, 3.05) is 20.3 Å². The summed E-state index contributed by atoms with van der Waals surface area (Å²) in [6.07, 6.45) is 1.74. The maximum absolute atomic E-state index is 13.2. The molecule has 0 aliphatic heterocycles. The van der Waals surface area contributed by atoms with Gasteiger partial charge in [-0.3, -0.25) is 14.8 Å². The molecule has 134 valence electrons. The lowest BCUT2D eigenvalue weighted by atomic mass is 10.1. The molecule has 0 fully saturated rings. The molecule has 0 radical (unpaired) electrons. The van der Waals surface area contributed by atoms with Crippen molar-refractivity contribution in [2.24, 2.45) is 0 Å². The van der Waals surface area contributed by atoms with E-state index in [-0.39, 0.29) is 5.91 Å². The Morgan fingerprint density at radius 3 is 2.73 bits per heavy atom. The first-order valence-electron chi connectivity index (χ1n) is 8.64. The zero-order valence-electron chi connectivity index (χ0n) is 15.4. The number of fused-ring (bicyclic) bond motifs is 1. The van der Waals surface area contributed by atoms with Crippen LogP contribution in [0, 0.1) is 13.8 Å². The van der Waals surface area contributed by atoms with Crippen LogP contribution in [0.15, 0.2) is 48.7 Å². The van der Waals surface area contributed by atoms with E-state index in [0.29, 0.717) is 25.3 Å². The fraction of sp³-hybridized carbons (Fsp3) is 0.286. The number of nitrogens with zero attached hydrogens (tertiary/aromatic N) is 3. The van der Waals surface area contributed by atoms with Gasteiger partial charge < -0.3 is 9.64 Å². The lowest BCUT2D eigenvalue weighted by Crippen LogP contribution is -2.34. The number of pyridine rings is 2. The van der Waals surface area contributed by atoms with Gasteiger partial charge in [-0.05, 0) is 43.7 Å². The Morgan fingerprint density at radius 1 is 1.15 bits per heavy atom. The van der Waals surface area contributed by atoms with E-state index in [1.807, 2.05) is 56.3 Å². The molecule has 0 aliphatic rings. The number of aromatic nitrogens is 2. The van der Waals surface area contributed by atoms with Crippen LogP contribution in [-0.4, -0.2) is 41.0 Å². The maximum atomic E-state index is 13.2. The first-order valence-corrected chi connectivity index (χ1v) is 8.64. The number of carbonyl (C=O) groups excluding carboxylic acids is 1. The zero-order chi connectivity index (χ0) is 18.5. The predicted molar refractivity (Wildman–Crippen MR) is 102 cm³/mol. The number of aryl methyl sites for hydroxylation is 2. The van der Waals surface area contributed by atoms with E-state index in [0.717, 1.165) is 27.9 Å². The van der Waals surface area contributed by atoms with Gasteiger partial charge in [0.25, 0.3) is 5.91 Å². The van der Waals surface area contributed by atoms with Crippen molar-refractivity contribution in [3.8, 4) is 0 Å². The number of methoxy groups -OCH3 is 1. The fourth-order valence-electron chi connectivity index (χ4n) is 2.90. The summed E-state index contributed by atoms with van der Waals surface area (Å²) < 4.78 is 5.18. The van der Waals surface area contributed by atoms with E-state index in [4.69, 9.17) is 4.74 Å². The highest BCUT2D eigenvalue weighted by molar-refractivity contribution is 5.98. The van der Waals surface area contributed by atoms with Gasteiger partial charge in [-0.15, -0.1) is 0 Å². The van der Waals surface area contributed by atoms with Crippen LogP contribution in [0.1, 0.15) is 27.3 Å². The largest absolute Gasteiger partial charge is 0.383 e. The molecule has 0 atom stereocenters. The summed E-state index contributed by atoms with van der Waals surface area (Å²) in [7, 11) is 1.63. The molecular formula is C21H23N3O2. The topological polar surface area (TPSA) is 55.3 Å². The number of hydrogen-bond acceptors (Lipinski definition) is 4. The summed E-state index contributed by atoms with van der Waals surface area (Å²) in [5.41, 5.74) is 4.26. The van der Waals surface area contributed by atoms with Crippen LogP contribution in [0.3, 0.4) is 0 Å². The molecule has 1 amide bonds. The van der Waals surface area contributed by atoms with Crippen LogP contribution in [0.2, 0.25) is 0 Å². The summed E-state index contributed by atoms with van der Waals surface area (Å²) in [6.45, 7) is 5.32. The molecule has 0 unspecified atom stereocenters. The molecule has 5 nitrogen and oxygen atoms in total. The third-order valence-electron chi connectivity index (χ3n) is 4.33. The number of carbonyl (C=O) groups is 1. The molecule has 0 N–H and O–H groups in total. The van der Waals surface area contributed by atoms with Gasteiger partial charge in [-0.2, -0.15) is 0 Å². The normalized spacial score (nSPS) is 10.9. The Bertz CT molecular complexity index is 910. The van der Waals surface area contributed by atoms with Gasteiger partial charge in [-0.1, -0.05) is 18.2 Å². The molecule has 0 spiro atoms. The lowest BCUT2D eigenvalue weighted by Gasteiger charge is -2.23. The van der Waals surface area contributed by atoms with Crippen molar-refractivity contribution in [3.63, 3.8) is 0 Å². The average Bonchev–Trinajstić information content (AvgIpc) is 2.64. The second-order valence-electron chi connectivity index (χ2n) is 6.36. The van der Waals surface area contributed by atoms with Crippen molar-refractivity contribution in [1.82, 2.24) is 14.9 Å². The number of ether oxygens (including phenoxy) is 1.